The molecular formula is C11H15NO2S. The third-order valence-corrected chi connectivity index (χ3v) is 2.51. The van der Waals surface area contributed by atoms with Gasteiger partial charge in [-0.15, -0.1) is 0 Å². The van der Waals surface area contributed by atoms with Crippen molar-refractivity contribution in [3.63, 3.8) is 0 Å². The van der Waals surface area contributed by atoms with Crippen LogP contribution >= 0.6 is 12.2 Å². The minimum atomic E-state index is -0.369. The van der Waals surface area contributed by atoms with Crippen LogP contribution in [0.4, 0.5) is 0 Å². The fraction of sp³-hybridized carbons (Fsp3) is 0.636. The zero-order valence-corrected chi connectivity index (χ0v) is 9.73. The van der Waals surface area contributed by atoms with Gasteiger partial charge in [-0.1, -0.05) is 6.42 Å². The molecule has 0 aromatic heterocycles. The summed E-state index contributed by atoms with van der Waals surface area (Å²) >= 11 is 4.54. The first kappa shape index (κ1) is 12.1. The van der Waals surface area contributed by atoms with Gasteiger partial charge in [0.15, 0.2) is 5.70 Å². The molecule has 0 radical (unpaired) electrons. The molecule has 1 aliphatic rings. The zero-order valence-electron chi connectivity index (χ0n) is 8.91. The van der Waals surface area contributed by atoms with Crippen LogP contribution in [0.3, 0.4) is 0 Å². The molecule has 15 heavy (non-hydrogen) atoms. The average molecular weight is 225 g/mol. The van der Waals surface area contributed by atoms with Crippen LogP contribution in [0.5, 0.6) is 0 Å². The first-order chi connectivity index (χ1) is 7.29. The Bertz CT molecular complexity index is 309. The Morgan fingerprint density at radius 3 is 2.67 bits per heavy atom. The van der Waals surface area contributed by atoms with Crippen molar-refractivity contribution in [3.8, 4) is 0 Å². The topological polar surface area (TPSA) is 38.7 Å². The highest BCUT2D eigenvalue weighted by atomic mass is 32.1. The van der Waals surface area contributed by atoms with Crippen molar-refractivity contribution in [2.24, 2.45) is 4.99 Å². The SMILES string of the molecule is CCOC(=O)C(N=C=S)=C1CCCCC1. The second-order valence-electron chi connectivity index (χ2n) is 3.44. The van der Waals surface area contributed by atoms with Gasteiger partial charge in [-0.3, -0.25) is 0 Å². The van der Waals surface area contributed by atoms with Gasteiger partial charge in [-0.2, -0.15) is 4.99 Å². The number of aliphatic imine (C=N–C) groups is 1. The molecule has 0 aliphatic heterocycles. The molecule has 4 heteroatoms. The van der Waals surface area contributed by atoms with Crippen LogP contribution in [0.2, 0.25) is 0 Å². The molecule has 1 saturated carbocycles. The molecular weight excluding hydrogens is 210 g/mol. The second kappa shape index (κ2) is 6.49. The van der Waals surface area contributed by atoms with E-state index in [0.717, 1.165) is 31.3 Å². The summed E-state index contributed by atoms with van der Waals surface area (Å²) in [5, 5.41) is 2.25. The van der Waals surface area contributed by atoms with E-state index in [9.17, 15) is 4.79 Å². The average Bonchev–Trinajstić information content (AvgIpc) is 2.27. The van der Waals surface area contributed by atoms with E-state index in [1.165, 1.54) is 6.42 Å². The molecule has 0 aromatic rings. The molecule has 1 aliphatic carbocycles. The lowest BCUT2D eigenvalue weighted by atomic mass is 9.93. The van der Waals surface area contributed by atoms with E-state index in [2.05, 4.69) is 22.4 Å². The Hall–Kier alpha value is -0.990. The van der Waals surface area contributed by atoms with Crippen LogP contribution in [0.1, 0.15) is 39.0 Å². The highest BCUT2D eigenvalue weighted by Crippen LogP contribution is 2.26. The highest BCUT2D eigenvalue weighted by Gasteiger charge is 2.17. The van der Waals surface area contributed by atoms with Gasteiger partial charge in [0.1, 0.15) is 0 Å². The van der Waals surface area contributed by atoms with E-state index in [1.54, 1.807) is 6.92 Å². The first-order valence-electron chi connectivity index (χ1n) is 5.26. The molecule has 82 valence electrons. The molecule has 3 nitrogen and oxygen atoms in total. The van der Waals surface area contributed by atoms with Gasteiger partial charge in [-0.05, 0) is 50.4 Å². The van der Waals surface area contributed by atoms with Crippen molar-refractivity contribution in [1.82, 2.24) is 0 Å². The highest BCUT2D eigenvalue weighted by molar-refractivity contribution is 7.78. The number of hydrogen-bond donors (Lipinski definition) is 0. The Morgan fingerprint density at radius 1 is 1.47 bits per heavy atom. The molecule has 0 aromatic carbocycles. The third-order valence-electron chi connectivity index (χ3n) is 2.42. The molecule has 0 spiro atoms. The van der Waals surface area contributed by atoms with Crippen molar-refractivity contribution in [2.45, 2.75) is 39.0 Å². The predicted molar refractivity (Wildman–Crippen MR) is 61.8 cm³/mol. The van der Waals surface area contributed by atoms with E-state index < -0.39 is 0 Å². The summed E-state index contributed by atoms with van der Waals surface area (Å²) in [4.78, 5) is 15.4. The van der Waals surface area contributed by atoms with E-state index in [4.69, 9.17) is 4.74 Å². The van der Waals surface area contributed by atoms with Crippen LogP contribution in [-0.2, 0) is 9.53 Å². The Labute approximate surface area is 95.2 Å². The molecule has 0 N–H and O–H groups in total. The van der Waals surface area contributed by atoms with Gasteiger partial charge in [0.05, 0.1) is 11.8 Å². The zero-order chi connectivity index (χ0) is 11.1. The summed E-state index contributed by atoms with van der Waals surface area (Å²) in [7, 11) is 0. The fourth-order valence-electron chi connectivity index (χ4n) is 1.73. The van der Waals surface area contributed by atoms with Crippen molar-refractivity contribution >= 4 is 23.3 Å². The number of allylic oxidation sites excluding steroid dienone is 1. The maximum atomic E-state index is 11.6. The molecule has 1 rings (SSSR count). The molecule has 0 bridgehead atoms. The largest absolute Gasteiger partial charge is 0.461 e. The molecule has 0 atom stereocenters. The smallest absolute Gasteiger partial charge is 0.357 e. The molecule has 0 heterocycles. The summed E-state index contributed by atoms with van der Waals surface area (Å²) < 4.78 is 4.93. The quantitative estimate of drug-likeness (QED) is 0.321. The predicted octanol–water partition coefficient (Wildman–Crippen LogP) is 2.87. The Morgan fingerprint density at radius 2 is 2.13 bits per heavy atom. The first-order valence-corrected chi connectivity index (χ1v) is 5.67. The monoisotopic (exact) mass is 225 g/mol. The normalized spacial score (nSPS) is 15.4. The minimum absolute atomic E-state index is 0.364. The van der Waals surface area contributed by atoms with Crippen LogP contribution in [0.15, 0.2) is 16.3 Å². The molecule has 0 saturated heterocycles. The van der Waals surface area contributed by atoms with Crippen molar-refractivity contribution < 1.29 is 9.53 Å². The number of carbonyl (C=O) groups is 1. The summed E-state index contributed by atoms with van der Waals surface area (Å²) in [6, 6.07) is 0. The summed E-state index contributed by atoms with van der Waals surface area (Å²) in [5.41, 5.74) is 1.45. The van der Waals surface area contributed by atoms with Gasteiger partial charge in [0, 0.05) is 0 Å². The maximum absolute atomic E-state index is 11.6. The standard InChI is InChI=1S/C11H15NO2S/c1-2-14-11(13)10(12-8-15)9-6-4-3-5-7-9/h2-7H2,1H3. The van der Waals surface area contributed by atoms with Crippen LogP contribution in [0.25, 0.3) is 0 Å². The van der Waals surface area contributed by atoms with Gasteiger partial charge in [0.2, 0.25) is 0 Å². The van der Waals surface area contributed by atoms with Gasteiger partial charge in [-0.25, -0.2) is 4.79 Å². The number of rotatable bonds is 3. The third kappa shape index (κ3) is 3.57. The van der Waals surface area contributed by atoms with E-state index in [0.29, 0.717) is 12.3 Å². The van der Waals surface area contributed by atoms with E-state index in [-0.39, 0.29) is 5.97 Å². The second-order valence-corrected chi connectivity index (χ2v) is 3.62. The van der Waals surface area contributed by atoms with Crippen LogP contribution in [0, 0.1) is 0 Å². The Kier molecular flexibility index (Phi) is 5.22. The Balaban J connectivity index is 2.87. The van der Waals surface area contributed by atoms with Crippen LogP contribution < -0.4 is 0 Å². The van der Waals surface area contributed by atoms with Crippen molar-refractivity contribution in [1.29, 1.82) is 0 Å². The summed E-state index contributed by atoms with van der Waals surface area (Å²) in [6.45, 7) is 2.14. The number of ether oxygens (including phenoxy) is 1. The van der Waals surface area contributed by atoms with Gasteiger partial charge < -0.3 is 4.74 Å². The maximum Gasteiger partial charge on any atom is 0.357 e. The summed E-state index contributed by atoms with van der Waals surface area (Å²) in [6.07, 6.45) is 5.31. The van der Waals surface area contributed by atoms with Crippen molar-refractivity contribution in [2.75, 3.05) is 6.61 Å². The lowest BCUT2D eigenvalue weighted by Gasteiger charge is -2.15. The van der Waals surface area contributed by atoms with E-state index >= 15 is 0 Å². The van der Waals surface area contributed by atoms with Gasteiger partial charge in [0.25, 0.3) is 0 Å². The number of nitrogens with zero attached hydrogens (tertiary/aromatic N) is 1. The van der Waals surface area contributed by atoms with E-state index in [1.807, 2.05) is 0 Å². The molecule has 0 unspecified atom stereocenters. The van der Waals surface area contributed by atoms with Crippen LogP contribution in [-0.4, -0.2) is 17.7 Å². The molecule has 0 amide bonds. The number of hydrogen-bond acceptors (Lipinski definition) is 4. The van der Waals surface area contributed by atoms with Gasteiger partial charge >= 0.3 is 5.97 Å². The summed E-state index contributed by atoms with van der Waals surface area (Å²) in [5.74, 6) is -0.369. The fourth-order valence-corrected chi connectivity index (χ4v) is 1.82. The van der Waals surface area contributed by atoms with Crippen molar-refractivity contribution in [3.05, 3.63) is 11.3 Å². The lowest BCUT2D eigenvalue weighted by Crippen LogP contribution is -2.10. The number of esters is 1. The number of isothiocyanates is 1. The number of thiocarbonyl (C=S) groups is 1. The number of carbonyl (C=O) groups excluding carboxylic acids is 1. The molecule has 1 fully saturated rings. The minimum Gasteiger partial charge on any atom is -0.461 e. The lowest BCUT2D eigenvalue weighted by molar-refractivity contribution is -0.138.